The van der Waals surface area contributed by atoms with Crippen LogP contribution in [0, 0.1) is 5.82 Å². The SMILES string of the molecule is COc1cccc(/C=C2/N=C(c3ccccc3F)NC2=O)c1. The van der Waals surface area contributed by atoms with Gasteiger partial charge in [0.15, 0.2) is 0 Å². The van der Waals surface area contributed by atoms with Crippen LogP contribution in [0.5, 0.6) is 5.75 Å². The van der Waals surface area contributed by atoms with Crippen LogP contribution in [0.15, 0.2) is 59.2 Å². The number of rotatable bonds is 3. The van der Waals surface area contributed by atoms with E-state index in [0.717, 1.165) is 5.56 Å². The van der Waals surface area contributed by atoms with Crippen LogP contribution in [-0.4, -0.2) is 18.9 Å². The maximum atomic E-state index is 13.8. The molecular formula is C17H13FN2O2. The fourth-order valence-electron chi connectivity index (χ4n) is 2.14. The summed E-state index contributed by atoms with van der Waals surface area (Å²) in [6, 6.07) is 13.4. The van der Waals surface area contributed by atoms with Crippen molar-refractivity contribution in [3.63, 3.8) is 0 Å². The highest BCUT2D eigenvalue weighted by molar-refractivity contribution is 6.19. The Bertz CT molecular complexity index is 797. The summed E-state index contributed by atoms with van der Waals surface area (Å²) in [6.45, 7) is 0. The normalized spacial score (nSPS) is 15.6. The first-order chi connectivity index (χ1) is 10.7. The predicted octanol–water partition coefficient (Wildman–Crippen LogP) is 2.75. The minimum Gasteiger partial charge on any atom is -0.497 e. The molecule has 110 valence electrons. The number of halogens is 1. The number of carbonyl (C=O) groups is 1. The van der Waals surface area contributed by atoms with Crippen molar-refractivity contribution in [1.29, 1.82) is 0 Å². The van der Waals surface area contributed by atoms with Gasteiger partial charge in [0.25, 0.3) is 5.91 Å². The Balaban J connectivity index is 1.96. The quantitative estimate of drug-likeness (QED) is 0.885. The molecule has 1 amide bonds. The average Bonchev–Trinajstić information content (AvgIpc) is 2.89. The molecule has 4 nitrogen and oxygen atoms in total. The first kappa shape index (κ1) is 14.0. The number of aliphatic imine (C=N–C) groups is 1. The van der Waals surface area contributed by atoms with E-state index in [9.17, 15) is 9.18 Å². The summed E-state index contributed by atoms with van der Waals surface area (Å²) in [5, 5.41) is 2.58. The summed E-state index contributed by atoms with van der Waals surface area (Å²) < 4.78 is 18.9. The Labute approximate surface area is 127 Å². The van der Waals surface area contributed by atoms with Crippen molar-refractivity contribution in [2.75, 3.05) is 7.11 Å². The third-order valence-electron chi connectivity index (χ3n) is 3.22. The molecule has 0 aliphatic carbocycles. The number of nitrogens with one attached hydrogen (secondary N) is 1. The van der Waals surface area contributed by atoms with Gasteiger partial charge in [-0.25, -0.2) is 9.38 Å². The maximum absolute atomic E-state index is 13.8. The van der Waals surface area contributed by atoms with Gasteiger partial charge in [-0.2, -0.15) is 0 Å². The molecule has 1 aliphatic heterocycles. The summed E-state index contributed by atoms with van der Waals surface area (Å²) in [7, 11) is 1.57. The topological polar surface area (TPSA) is 50.7 Å². The molecule has 1 N–H and O–H groups in total. The zero-order valence-corrected chi connectivity index (χ0v) is 11.8. The lowest BCUT2D eigenvalue weighted by molar-refractivity contribution is -0.115. The largest absolute Gasteiger partial charge is 0.497 e. The lowest BCUT2D eigenvalue weighted by atomic mass is 10.2. The molecule has 0 spiro atoms. The Morgan fingerprint density at radius 1 is 1.18 bits per heavy atom. The average molecular weight is 296 g/mol. The molecule has 0 radical (unpaired) electrons. The van der Waals surface area contributed by atoms with Crippen molar-refractivity contribution in [2.24, 2.45) is 4.99 Å². The number of methoxy groups -OCH3 is 1. The van der Waals surface area contributed by atoms with Gasteiger partial charge in [-0.3, -0.25) is 4.79 Å². The first-order valence-electron chi connectivity index (χ1n) is 6.68. The molecule has 2 aromatic carbocycles. The number of benzene rings is 2. The number of amidine groups is 1. The van der Waals surface area contributed by atoms with Crippen molar-refractivity contribution in [3.05, 3.63) is 71.2 Å². The molecule has 0 saturated carbocycles. The molecule has 2 aromatic rings. The molecular weight excluding hydrogens is 283 g/mol. The van der Waals surface area contributed by atoms with E-state index in [2.05, 4.69) is 10.3 Å². The van der Waals surface area contributed by atoms with Crippen molar-refractivity contribution < 1.29 is 13.9 Å². The monoisotopic (exact) mass is 296 g/mol. The van der Waals surface area contributed by atoms with E-state index in [1.807, 2.05) is 18.2 Å². The van der Waals surface area contributed by atoms with Crippen molar-refractivity contribution in [1.82, 2.24) is 5.32 Å². The summed E-state index contributed by atoms with van der Waals surface area (Å²) in [5.41, 5.74) is 1.28. The fraction of sp³-hybridized carbons (Fsp3) is 0.0588. The van der Waals surface area contributed by atoms with Crippen LogP contribution in [0.3, 0.4) is 0 Å². The van der Waals surface area contributed by atoms with Gasteiger partial charge < -0.3 is 10.1 Å². The Morgan fingerprint density at radius 2 is 2.00 bits per heavy atom. The molecule has 0 unspecified atom stereocenters. The molecule has 1 heterocycles. The zero-order valence-electron chi connectivity index (χ0n) is 11.8. The molecule has 0 atom stereocenters. The molecule has 0 fully saturated rings. The van der Waals surface area contributed by atoms with E-state index < -0.39 is 5.82 Å². The van der Waals surface area contributed by atoms with Crippen molar-refractivity contribution in [2.45, 2.75) is 0 Å². The van der Waals surface area contributed by atoms with Gasteiger partial charge in [0.2, 0.25) is 0 Å². The third kappa shape index (κ3) is 2.74. The van der Waals surface area contributed by atoms with Crippen LogP contribution in [0.25, 0.3) is 6.08 Å². The van der Waals surface area contributed by atoms with Crippen molar-refractivity contribution in [3.8, 4) is 5.75 Å². The number of hydrogen-bond acceptors (Lipinski definition) is 3. The third-order valence-corrected chi connectivity index (χ3v) is 3.22. The van der Waals surface area contributed by atoms with E-state index in [1.165, 1.54) is 6.07 Å². The Hall–Kier alpha value is -2.95. The number of carbonyl (C=O) groups excluding carboxylic acids is 1. The number of ether oxygens (including phenoxy) is 1. The van der Waals surface area contributed by atoms with Gasteiger partial charge in [-0.1, -0.05) is 24.3 Å². The van der Waals surface area contributed by atoms with Crippen LogP contribution in [0.4, 0.5) is 4.39 Å². The van der Waals surface area contributed by atoms with E-state index in [-0.39, 0.29) is 23.0 Å². The van der Waals surface area contributed by atoms with E-state index >= 15 is 0 Å². The van der Waals surface area contributed by atoms with Gasteiger partial charge in [-0.15, -0.1) is 0 Å². The second-order valence-electron chi connectivity index (χ2n) is 4.70. The van der Waals surface area contributed by atoms with E-state index in [4.69, 9.17) is 4.74 Å². The maximum Gasteiger partial charge on any atom is 0.275 e. The summed E-state index contributed by atoms with van der Waals surface area (Å²) in [4.78, 5) is 16.2. The summed E-state index contributed by atoms with van der Waals surface area (Å²) in [6.07, 6.45) is 1.63. The second kappa shape index (κ2) is 5.81. The summed E-state index contributed by atoms with van der Waals surface area (Å²) in [5.74, 6) is 0.119. The Morgan fingerprint density at radius 3 is 2.77 bits per heavy atom. The summed E-state index contributed by atoms with van der Waals surface area (Å²) >= 11 is 0. The van der Waals surface area contributed by atoms with Crippen LogP contribution in [-0.2, 0) is 4.79 Å². The number of hydrogen-bond donors (Lipinski definition) is 1. The highest BCUT2D eigenvalue weighted by atomic mass is 19.1. The minimum absolute atomic E-state index is 0.220. The molecule has 5 heteroatoms. The predicted molar refractivity (Wildman–Crippen MR) is 82.1 cm³/mol. The van der Waals surface area contributed by atoms with Gasteiger partial charge >= 0.3 is 0 Å². The fourth-order valence-corrected chi connectivity index (χ4v) is 2.14. The molecule has 3 rings (SSSR count). The standard InChI is InChI=1S/C17H13FN2O2/c1-22-12-6-4-5-11(9-12)10-15-17(21)20-16(19-15)13-7-2-3-8-14(13)18/h2-10H,1H3,(H,19,20,21)/b15-10+. The lowest BCUT2D eigenvalue weighted by Crippen LogP contribution is -2.25. The molecule has 0 saturated heterocycles. The van der Waals surface area contributed by atoms with E-state index in [1.54, 1.807) is 37.5 Å². The molecule has 0 bridgehead atoms. The van der Waals surface area contributed by atoms with Crippen LogP contribution >= 0.6 is 0 Å². The smallest absolute Gasteiger partial charge is 0.275 e. The lowest BCUT2D eigenvalue weighted by Gasteiger charge is -2.00. The first-order valence-corrected chi connectivity index (χ1v) is 6.68. The minimum atomic E-state index is -0.427. The molecule has 22 heavy (non-hydrogen) atoms. The van der Waals surface area contributed by atoms with Crippen LogP contribution < -0.4 is 10.1 Å². The van der Waals surface area contributed by atoms with Crippen molar-refractivity contribution >= 4 is 17.8 Å². The highest BCUT2D eigenvalue weighted by Crippen LogP contribution is 2.19. The van der Waals surface area contributed by atoms with Crippen LogP contribution in [0.1, 0.15) is 11.1 Å². The Kier molecular flexibility index (Phi) is 3.70. The van der Waals surface area contributed by atoms with Gasteiger partial charge in [0, 0.05) is 0 Å². The second-order valence-corrected chi connectivity index (χ2v) is 4.70. The number of nitrogens with zero attached hydrogens (tertiary/aromatic N) is 1. The van der Waals surface area contributed by atoms with Gasteiger partial charge in [0.05, 0.1) is 12.7 Å². The van der Waals surface area contributed by atoms with E-state index in [0.29, 0.717) is 5.75 Å². The highest BCUT2D eigenvalue weighted by Gasteiger charge is 2.22. The molecule has 1 aliphatic rings. The zero-order chi connectivity index (χ0) is 15.5. The van der Waals surface area contributed by atoms with Crippen LogP contribution in [0.2, 0.25) is 0 Å². The number of amides is 1. The van der Waals surface area contributed by atoms with Gasteiger partial charge in [-0.05, 0) is 35.9 Å². The molecule has 0 aromatic heterocycles. The van der Waals surface area contributed by atoms with Gasteiger partial charge in [0.1, 0.15) is 23.1 Å².